The molecule has 2 aliphatic heterocycles. The van der Waals surface area contributed by atoms with Gasteiger partial charge in [-0.25, -0.2) is 13.9 Å². The molecule has 0 saturated carbocycles. The lowest BCUT2D eigenvalue weighted by Crippen LogP contribution is -2.41. The molecule has 4 heterocycles. The smallest absolute Gasteiger partial charge is 0.459 e. The van der Waals surface area contributed by atoms with Crippen LogP contribution in [0.1, 0.15) is 27.0 Å². The summed E-state index contributed by atoms with van der Waals surface area (Å²) < 4.78 is 69.3. The van der Waals surface area contributed by atoms with Gasteiger partial charge < -0.3 is 39.0 Å². The number of anilines is 1. The number of carbonyl (C=O) groups is 1. The van der Waals surface area contributed by atoms with Crippen LogP contribution in [0.2, 0.25) is 0 Å². The number of methoxy groups -OCH3 is 1. The summed E-state index contributed by atoms with van der Waals surface area (Å²) in [5.41, 5.74) is 3.66. The number of nitrogens with two attached hydrogens (primary N) is 1. The fourth-order valence-corrected chi connectivity index (χ4v) is 6.00. The molecular formula is C24H30FN6O10P. The molecule has 16 nitrogen and oxygen atoms in total. The van der Waals surface area contributed by atoms with Crippen molar-refractivity contribution in [3.05, 3.63) is 24.5 Å². The molecule has 5 rings (SSSR count). The number of carbonyl (C=O) groups excluding carboxylic acids is 1. The van der Waals surface area contributed by atoms with Crippen LogP contribution < -0.4 is 29.6 Å². The number of rotatable bonds is 11. The molecule has 1 fully saturated rings. The summed E-state index contributed by atoms with van der Waals surface area (Å²) in [5, 5.41) is 13.4. The number of aliphatic hydroxyl groups excluding tert-OH is 1. The fraction of sp³-hybridized carbons (Fsp3) is 0.500. The van der Waals surface area contributed by atoms with Gasteiger partial charge in [-0.2, -0.15) is 15.1 Å². The number of nitrogens with one attached hydrogen (secondary N) is 1. The minimum Gasteiger partial charge on any atom is -0.479 e. The normalized spacial score (nSPS) is 25.2. The van der Waals surface area contributed by atoms with Crippen LogP contribution >= 0.6 is 7.75 Å². The molecular weight excluding hydrogens is 582 g/mol. The van der Waals surface area contributed by atoms with Crippen molar-refractivity contribution in [2.45, 2.75) is 50.9 Å². The Labute approximate surface area is 238 Å². The molecule has 0 aliphatic carbocycles. The van der Waals surface area contributed by atoms with Gasteiger partial charge in [0.25, 0.3) is 0 Å². The van der Waals surface area contributed by atoms with Crippen LogP contribution in [0.3, 0.4) is 0 Å². The van der Waals surface area contributed by atoms with Crippen molar-refractivity contribution in [1.29, 1.82) is 0 Å². The highest BCUT2D eigenvalue weighted by molar-refractivity contribution is 7.52. The number of nitrogen functional groups attached to an aromatic ring is 1. The van der Waals surface area contributed by atoms with Crippen molar-refractivity contribution >= 4 is 30.8 Å². The molecule has 2 aliphatic rings. The maximum Gasteiger partial charge on any atom is 0.459 e. The number of esters is 1. The van der Waals surface area contributed by atoms with E-state index < -0.39 is 50.5 Å². The van der Waals surface area contributed by atoms with E-state index >= 15 is 4.39 Å². The summed E-state index contributed by atoms with van der Waals surface area (Å²) in [4.78, 5) is 24.5. The van der Waals surface area contributed by atoms with Crippen molar-refractivity contribution in [2.75, 3.05) is 32.9 Å². The third-order valence-electron chi connectivity index (χ3n) is 6.55. The second-order valence-corrected chi connectivity index (χ2v) is 11.2. The maximum atomic E-state index is 16.0. The van der Waals surface area contributed by atoms with Gasteiger partial charge in [0.2, 0.25) is 24.4 Å². The van der Waals surface area contributed by atoms with E-state index in [0.717, 1.165) is 6.92 Å². The Morgan fingerprint density at radius 3 is 2.90 bits per heavy atom. The van der Waals surface area contributed by atoms with E-state index in [0.29, 0.717) is 5.75 Å². The Kier molecular flexibility index (Phi) is 8.13. The highest BCUT2D eigenvalue weighted by Crippen LogP contribution is 2.52. The average Bonchev–Trinajstić information content (AvgIpc) is 3.65. The maximum absolute atomic E-state index is 16.0. The predicted molar refractivity (Wildman–Crippen MR) is 142 cm³/mol. The van der Waals surface area contributed by atoms with Gasteiger partial charge in [-0.3, -0.25) is 13.9 Å². The highest BCUT2D eigenvalue weighted by Gasteiger charge is 2.56. The molecule has 0 radical (unpaired) electrons. The molecule has 4 N–H and O–H groups in total. The number of halogens is 1. The van der Waals surface area contributed by atoms with E-state index in [9.17, 15) is 14.5 Å². The number of para-hydroxylation sites is 1. The Morgan fingerprint density at radius 1 is 1.38 bits per heavy atom. The minimum absolute atomic E-state index is 0.00547. The summed E-state index contributed by atoms with van der Waals surface area (Å²) in [6.45, 7) is 3.50. The second kappa shape index (κ2) is 11.5. The van der Waals surface area contributed by atoms with Crippen molar-refractivity contribution in [2.24, 2.45) is 0 Å². The Bertz CT molecular complexity index is 1520. The number of hydrogen-bond donors (Lipinski definition) is 3. The molecule has 1 saturated heterocycles. The molecule has 6 atom stereocenters. The monoisotopic (exact) mass is 612 g/mol. The molecule has 0 spiro atoms. The first kappa shape index (κ1) is 29.7. The van der Waals surface area contributed by atoms with E-state index in [1.54, 1.807) is 19.1 Å². The van der Waals surface area contributed by atoms with Crippen LogP contribution in [-0.2, 0) is 23.4 Å². The molecule has 0 bridgehead atoms. The Morgan fingerprint density at radius 2 is 2.17 bits per heavy atom. The minimum atomic E-state index is -4.44. The van der Waals surface area contributed by atoms with Crippen molar-refractivity contribution < 1.29 is 51.6 Å². The first-order valence-corrected chi connectivity index (χ1v) is 14.3. The molecule has 2 aromatic heterocycles. The fourth-order valence-electron chi connectivity index (χ4n) is 4.49. The van der Waals surface area contributed by atoms with Gasteiger partial charge in [0.1, 0.15) is 18.2 Å². The van der Waals surface area contributed by atoms with Gasteiger partial charge >= 0.3 is 13.7 Å². The summed E-state index contributed by atoms with van der Waals surface area (Å²) >= 11 is 0. The number of ether oxygens (including phenoxy) is 5. The number of hydrogen-bond acceptors (Lipinski definition) is 14. The number of benzene rings is 1. The zero-order valence-electron chi connectivity index (χ0n) is 23.1. The largest absolute Gasteiger partial charge is 0.479 e. The second-order valence-electron chi connectivity index (χ2n) is 9.52. The van der Waals surface area contributed by atoms with Crippen LogP contribution in [0.5, 0.6) is 23.1 Å². The molecule has 0 amide bonds. The third-order valence-corrected chi connectivity index (χ3v) is 8.18. The van der Waals surface area contributed by atoms with Crippen LogP contribution in [-0.4, -0.2) is 81.6 Å². The predicted octanol–water partition coefficient (Wildman–Crippen LogP) is 1.88. The lowest BCUT2D eigenvalue weighted by molar-refractivity contribution is -0.144. The van der Waals surface area contributed by atoms with Gasteiger partial charge in [-0.15, -0.1) is 0 Å². The molecule has 42 heavy (non-hydrogen) atoms. The van der Waals surface area contributed by atoms with Crippen molar-refractivity contribution in [1.82, 2.24) is 24.6 Å². The van der Waals surface area contributed by atoms with Gasteiger partial charge in [0, 0.05) is 0 Å². The Hall–Kier alpha value is -3.76. The molecule has 18 heteroatoms. The highest BCUT2D eigenvalue weighted by atomic mass is 31.2. The van der Waals surface area contributed by atoms with Crippen LogP contribution in [0.25, 0.3) is 11.2 Å². The molecule has 3 aromatic rings. The van der Waals surface area contributed by atoms with Gasteiger partial charge in [-0.05, 0) is 32.9 Å². The van der Waals surface area contributed by atoms with E-state index in [-0.39, 0.29) is 47.9 Å². The average molecular weight is 613 g/mol. The van der Waals surface area contributed by atoms with Crippen molar-refractivity contribution in [3.63, 3.8) is 0 Å². The van der Waals surface area contributed by atoms with E-state index in [4.69, 9.17) is 38.5 Å². The van der Waals surface area contributed by atoms with Crippen LogP contribution in [0.15, 0.2) is 24.5 Å². The van der Waals surface area contributed by atoms with Gasteiger partial charge in [-0.1, -0.05) is 6.07 Å². The lowest BCUT2D eigenvalue weighted by Gasteiger charge is -2.25. The standard InChI is InChI=1S/C24H30FN6O10P/c1-5-36-21(33)12(2)30-42(34,41-14-8-6-7-13-17(14)38-11-37-13)39-9-15-18(32)24(3,25)22(40-15)31-10-27-16-19(31)28-23(26)29-20(16)35-4/h6-8,10,12,15,18,22,32H,5,9,11H2,1-4H3,(H,30,34)(H2,26,28,29)/t12-,15+,18+,22+,24+,42-/m0/s1. The summed E-state index contributed by atoms with van der Waals surface area (Å²) in [6, 6.07) is 3.51. The number of imidazole rings is 1. The SMILES string of the molecule is CCOC(=O)[C@H](C)N[P@](=O)(OC[C@H]1O[C@@H](n2cnc3c(OC)nc(N)nc32)[C@](C)(F)[C@@H]1O)Oc1cccc2c1OCO2. The number of alkyl halides is 1. The number of aliphatic hydroxyl groups is 1. The first-order chi connectivity index (χ1) is 20.0. The quantitative estimate of drug-likeness (QED) is 0.209. The zero-order chi connectivity index (χ0) is 30.2. The first-order valence-electron chi connectivity index (χ1n) is 12.8. The van der Waals surface area contributed by atoms with Gasteiger partial charge in [0.05, 0.1) is 26.7 Å². The number of aromatic nitrogens is 4. The van der Waals surface area contributed by atoms with E-state index in [1.807, 2.05) is 0 Å². The van der Waals surface area contributed by atoms with Crippen molar-refractivity contribution in [3.8, 4) is 23.1 Å². The van der Waals surface area contributed by atoms with Crippen LogP contribution in [0.4, 0.5) is 10.3 Å². The molecule has 1 aromatic carbocycles. The van der Waals surface area contributed by atoms with E-state index in [2.05, 4.69) is 20.0 Å². The Balaban J connectivity index is 1.39. The number of fused-ring (bicyclic) bond motifs is 2. The van der Waals surface area contributed by atoms with E-state index in [1.165, 1.54) is 31.0 Å². The lowest BCUT2D eigenvalue weighted by atomic mass is 9.98. The molecule has 0 unspecified atom stereocenters. The van der Waals surface area contributed by atoms with Gasteiger partial charge in [0.15, 0.2) is 34.6 Å². The topological polar surface area (TPSA) is 201 Å². The summed E-state index contributed by atoms with van der Waals surface area (Å²) in [6.07, 6.45) is -3.34. The number of nitrogens with zero attached hydrogens (tertiary/aromatic N) is 4. The summed E-state index contributed by atoms with van der Waals surface area (Å²) in [7, 11) is -3.07. The zero-order valence-corrected chi connectivity index (χ0v) is 23.9. The summed E-state index contributed by atoms with van der Waals surface area (Å²) in [5.74, 6) is -0.298. The van der Waals surface area contributed by atoms with Crippen LogP contribution in [0, 0.1) is 0 Å². The third kappa shape index (κ3) is 5.53. The molecule has 228 valence electrons.